The fourth-order valence-corrected chi connectivity index (χ4v) is 4.40. The Morgan fingerprint density at radius 3 is 2.72 bits per heavy atom. The molecule has 1 spiro atoms. The van der Waals surface area contributed by atoms with E-state index in [9.17, 15) is 4.79 Å². The van der Waals surface area contributed by atoms with Crippen LogP contribution in [0.4, 0.5) is 0 Å². The van der Waals surface area contributed by atoms with Gasteiger partial charge in [0.15, 0.2) is 0 Å². The molecule has 25 heavy (non-hydrogen) atoms. The zero-order valence-electron chi connectivity index (χ0n) is 15.5. The van der Waals surface area contributed by atoms with Crippen molar-refractivity contribution in [3.05, 3.63) is 29.3 Å². The van der Waals surface area contributed by atoms with Crippen LogP contribution in [0.3, 0.4) is 0 Å². The maximum absolute atomic E-state index is 12.4. The van der Waals surface area contributed by atoms with Crippen LogP contribution in [-0.4, -0.2) is 43.1 Å². The maximum atomic E-state index is 12.4. The van der Waals surface area contributed by atoms with Crippen LogP contribution in [-0.2, 0) is 5.41 Å². The predicted octanol–water partition coefficient (Wildman–Crippen LogP) is 3.35. The normalized spacial score (nSPS) is 22.5. The lowest BCUT2D eigenvalue weighted by Gasteiger charge is -2.45. The summed E-state index contributed by atoms with van der Waals surface area (Å²) in [6.45, 7) is 8.44. The molecule has 1 amide bonds. The molecule has 4 heteroatoms. The molecule has 4 rings (SSSR count). The van der Waals surface area contributed by atoms with Crippen molar-refractivity contribution in [3.8, 4) is 5.75 Å². The molecular formula is C21H30N2O2. The van der Waals surface area contributed by atoms with Crippen LogP contribution in [0, 0.1) is 5.92 Å². The second-order valence-electron chi connectivity index (χ2n) is 8.46. The molecule has 1 N–H and O–H groups in total. The van der Waals surface area contributed by atoms with E-state index >= 15 is 0 Å². The Kier molecular flexibility index (Phi) is 4.48. The van der Waals surface area contributed by atoms with Gasteiger partial charge in [0.2, 0.25) is 0 Å². The highest BCUT2D eigenvalue weighted by molar-refractivity contribution is 5.94. The average Bonchev–Trinajstić information content (AvgIpc) is 3.41. The number of ether oxygens (including phenoxy) is 1. The minimum atomic E-state index is 0.0182. The molecule has 136 valence electrons. The Morgan fingerprint density at radius 2 is 2.04 bits per heavy atom. The van der Waals surface area contributed by atoms with Gasteiger partial charge in [-0.05, 0) is 83.2 Å². The molecule has 0 atom stereocenters. The topological polar surface area (TPSA) is 41.6 Å². The van der Waals surface area contributed by atoms with Gasteiger partial charge in [-0.2, -0.15) is 0 Å². The highest BCUT2D eigenvalue weighted by atomic mass is 16.5. The van der Waals surface area contributed by atoms with Gasteiger partial charge in [0, 0.05) is 29.1 Å². The van der Waals surface area contributed by atoms with Gasteiger partial charge >= 0.3 is 0 Å². The van der Waals surface area contributed by atoms with Crippen LogP contribution in [0.5, 0.6) is 5.75 Å². The smallest absolute Gasteiger partial charge is 0.251 e. The van der Waals surface area contributed by atoms with E-state index in [1.165, 1.54) is 50.9 Å². The molecule has 1 aromatic rings. The van der Waals surface area contributed by atoms with Gasteiger partial charge in [-0.25, -0.2) is 0 Å². The highest BCUT2D eigenvalue weighted by Gasteiger charge is 2.41. The first-order chi connectivity index (χ1) is 12.1. The Labute approximate surface area is 150 Å². The number of benzene rings is 1. The van der Waals surface area contributed by atoms with Gasteiger partial charge in [0.05, 0.1) is 6.61 Å². The molecule has 0 aromatic heterocycles. The fraction of sp³-hybridized carbons (Fsp3) is 0.667. The van der Waals surface area contributed by atoms with Crippen molar-refractivity contribution in [2.45, 2.75) is 57.4 Å². The van der Waals surface area contributed by atoms with Crippen LogP contribution in [0.25, 0.3) is 0 Å². The zero-order chi connectivity index (χ0) is 17.4. The Hall–Kier alpha value is -1.55. The summed E-state index contributed by atoms with van der Waals surface area (Å²) in [5, 5.41) is 3.00. The van der Waals surface area contributed by atoms with Crippen molar-refractivity contribution in [2.75, 3.05) is 26.2 Å². The van der Waals surface area contributed by atoms with E-state index in [-0.39, 0.29) is 17.4 Å². The van der Waals surface area contributed by atoms with Crippen LogP contribution >= 0.6 is 0 Å². The third-order valence-corrected chi connectivity index (χ3v) is 6.10. The first-order valence-corrected chi connectivity index (χ1v) is 9.86. The number of carbonyl (C=O) groups is 1. The summed E-state index contributed by atoms with van der Waals surface area (Å²) in [6.07, 6.45) is 6.29. The number of piperidine rings is 1. The fourth-order valence-electron chi connectivity index (χ4n) is 4.40. The number of rotatable bonds is 4. The van der Waals surface area contributed by atoms with Crippen LogP contribution < -0.4 is 10.1 Å². The van der Waals surface area contributed by atoms with E-state index in [0.717, 1.165) is 30.3 Å². The van der Waals surface area contributed by atoms with E-state index < -0.39 is 0 Å². The molecule has 0 radical (unpaired) electrons. The summed E-state index contributed by atoms with van der Waals surface area (Å²) in [4.78, 5) is 15.1. The molecule has 0 unspecified atom stereocenters. The molecule has 2 fully saturated rings. The number of carbonyl (C=O) groups excluding carboxylic acids is 1. The van der Waals surface area contributed by atoms with Crippen molar-refractivity contribution in [1.82, 2.24) is 10.2 Å². The predicted molar refractivity (Wildman–Crippen MR) is 99.2 cm³/mol. The van der Waals surface area contributed by atoms with Gasteiger partial charge in [0.25, 0.3) is 5.91 Å². The SMILES string of the molecule is CC(C)NC(=O)c1ccc2c(c1)C1(CCO2)CCN(CC2CC2)CC1. The molecule has 2 aliphatic heterocycles. The average molecular weight is 342 g/mol. The van der Waals surface area contributed by atoms with Gasteiger partial charge in [-0.15, -0.1) is 0 Å². The van der Waals surface area contributed by atoms with Gasteiger partial charge < -0.3 is 15.0 Å². The van der Waals surface area contributed by atoms with Crippen LogP contribution in [0.1, 0.15) is 61.9 Å². The van der Waals surface area contributed by atoms with E-state index in [2.05, 4.69) is 16.3 Å². The van der Waals surface area contributed by atoms with Crippen molar-refractivity contribution in [1.29, 1.82) is 0 Å². The molecule has 1 saturated heterocycles. The monoisotopic (exact) mass is 342 g/mol. The molecule has 1 saturated carbocycles. The second-order valence-corrected chi connectivity index (χ2v) is 8.46. The lowest BCUT2D eigenvalue weighted by Crippen LogP contribution is -2.45. The standard InChI is InChI=1S/C21H30N2O2/c1-15(2)22-20(24)17-5-6-19-18(13-17)21(9-12-25-19)7-10-23(11-8-21)14-16-3-4-16/h5-6,13,15-16H,3-4,7-12,14H2,1-2H3,(H,22,24). The zero-order valence-corrected chi connectivity index (χ0v) is 15.5. The third kappa shape index (κ3) is 3.55. The van der Waals surface area contributed by atoms with Crippen molar-refractivity contribution in [2.24, 2.45) is 5.92 Å². The van der Waals surface area contributed by atoms with Gasteiger partial charge in [-0.1, -0.05) is 0 Å². The quantitative estimate of drug-likeness (QED) is 0.912. The summed E-state index contributed by atoms with van der Waals surface area (Å²) in [5.74, 6) is 1.97. The number of amides is 1. The number of fused-ring (bicyclic) bond motifs is 2. The van der Waals surface area contributed by atoms with Crippen molar-refractivity contribution >= 4 is 5.91 Å². The van der Waals surface area contributed by atoms with Crippen molar-refractivity contribution in [3.63, 3.8) is 0 Å². The van der Waals surface area contributed by atoms with Gasteiger partial charge in [0.1, 0.15) is 5.75 Å². The number of hydrogen-bond donors (Lipinski definition) is 1. The van der Waals surface area contributed by atoms with Gasteiger partial charge in [-0.3, -0.25) is 4.79 Å². The molecule has 0 bridgehead atoms. The minimum Gasteiger partial charge on any atom is -0.493 e. The lowest BCUT2D eigenvalue weighted by atomic mass is 9.69. The number of nitrogens with one attached hydrogen (secondary N) is 1. The Morgan fingerprint density at radius 1 is 1.28 bits per heavy atom. The largest absolute Gasteiger partial charge is 0.493 e. The summed E-state index contributed by atoms with van der Waals surface area (Å²) in [6, 6.07) is 6.15. The molecule has 2 heterocycles. The maximum Gasteiger partial charge on any atom is 0.251 e. The number of hydrogen-bond acceptors (Lipinski definition) is 3. The first-order valence-electron chi connectivity index (χ1n) is 9.86. The number of likely N-dealkylation sites (tertiary alicyclic amines) is 1. The summed E-state index contributed by atoms with van der Waals surface area (Å²) in [5.41, 5.74) is 2.22. The second kappa shape index (κ2) is 6.64. The molecule has 3 aliphatic rings. The van der Waals surface area contributed by atoms with Crippen LogP contribution in [0.2, 0.25) is 0 Å². The number of nitrogens with zero attached hydrogens (tertiary/aromatic N) is 1. The molecular weight excluding hydrogens is 312 g/mol. The van der Waals surface area contributed by atoms with Crippen molar-refractivity contribution < 1.29 is 9.53 Å². The molecule has 1 aromatic carbocycles. The Balaban J connectivity index is 1.54. The highest BCUT2D eigenvalue weighted by Crippen LogP contribution is 2.46. The summed E-state index contributed by atoms with van der Waals surface area (Å²) < 4.78 is 5.92. The molecule has 1 aliphatic carbocycles. The van der Waals surface area contributed by atoms with E-state index in [1.807, 2.05) is 26.0 Å². The third-order valence-electron chi connectivity index (χ3n) is 6.10. The van der Waals surface area contributed by atoms with Crippen LogP contribution in [0.15, 0.2) is 18.2 Å². The minimum absolute atomic E-state index is 0.0182. The lowest BCUT2D eigenvalue weighted by molar-refractivity contribution is 0.0941. The molecule has 4 nitrogen and oxygen atoms in total. The summed E-state index contributed by atoms with van der Waals surface area (Å²) >= 11 is 0. The van der Waals surface area contributed by atoms with E-state index in [1.54, 1.807) is 0 Å². The first kappa shape index (κ1) is 16.9. The van der Waals surface area contributed by atoms with E-state index in [0.29, 0.717) is 0 Å². The summed E-state index contributed by atoms with van der Waals surface area (Å²) in [7, 11) is 0. The Bertz CT molecular complexity index is 643. The van der Waals surface area contributed by atoms with E-state index in [4.69, 9.17) is 4.74 Å².